The number of aromatic nitrogens is 1. The van der Waals surface area contributed by atoms with E-state index in [9.17, 15) is 0 Å². The van der Waals surface area contributed by atoms with Crippen LogP contribution in [0, 0.1) is 0 Å². The molecule has 0 unspecified atom stereocenters. The van der Waals surface area contributed by atoms with Gasteiger partial charge in [0.05, 0.1) is 6.61 Å². The Morgan fingerprint density at radius 1 is 1.17 bits per heavy atom. The molecule has 94 valence electrons. The lowest BCUT2D eigenvalue weighted by Crippen LogP contribution is -1.99. The number of benzene rings is 1. The third kappa shape index (κ3) is 3.21. The van der Waals surface area contributed by atoms with Gasteiger partial charge >= 0.3 is 0 Å². The Kier molecular flexibility index (Phi) is 4.15. The molecular weight excluding hydrogens is 226 g/mol. The largest absolute Gasteiger partial charge is 0.478 e. The fourth-order valence-electron chi connectivity index (χ4n) is 1.58. The number of anilines is 2. The van der Waals surface area contributed by atoms with Crippen molar-refractivity contribution in [2.45, 2.75) is 13.5 Å². The van der Waals surface area contributed by atoms with E-state index in [0.717, 1.165) is 17.1 Å². The van der Waals surface area contributed by atoms with Crippen LogP contribution in [0.3, 0.4) is 0 Å². The lowest BCUT2D eigenvalue weighted by molar-refractivity contribution is 0.327. The first-order valence-corrected chi connectivity index (χ1v) is 5.97. The molecule has 2 rings (SSSR count). The van der Waals surface area contributed by atoms with Gasteiger partial charge in [0.2, 0.25) is 5.88 Å². The SMILES string of the molecule is CCOc1cccc(Nc2ccc(CN)cc2)n1. The first kappa shape index (κ1) is 12.4. The minimum Gasteiger partial charge on any atom is -0.478 e. The molecule has 1 aromatic heterocycles. The van der Waals surface area contributed by atoms with E-state index in [1.165, 1.54) is 0 Å². The van der Waals surface area contributed by atoms with E-state index in [4.69, 9.17) is 10.5 Å². The molecule has 0 bridgehead atoms. The minimum absolute atomic E-state index is 0.554. The summed E-state index contributed by atoms with van der Waals surface area (Å²) >= 11 is 0. The van der Waals surface area contributed by atoms with Crippen molar-refractivity contribution >= 4 is 11.5 Å². The van der Waals surface area contributed by atoms with Crippen LogP contribution in [0.4, 0.5) is 11.5 Å². The van der Waals surface area contributed by atoms with E-state index in [0.29, 0.717) is 19.0 Å². The quantitative estimate of drug-likeness (QED) is 0.847. The van der Waals surface area contributed by atoms with E-state index in [1.54, 1.807) is 0 Å². The van der Waals surface area contributed by atoms with E-state index in [1.807, 2.05) is 49.4 Å². The summed E-state index contributed by atoms with van der Waals surface area (Å²) in [6, 6.07) is 13.6. The van der Waals surface area contributed by atoms with E-state index < -0.39 is 0 Å². The second kappa shape index (κ2) is 6.02. The average Bonchev–Trinajstić information content (AvgIpc) is 2.40. The smallest absolute Gasteiger partial charge is 0.215 e. The number of pyridine rings is 1. The first-order valence-electron chi connectivity index (χ1n) is 5.97. The number of nitrogens with two attached hydrogens (primary N) is 1. The number of nitrogens with one attached hydrogen (secondary N) is 1. The Balaban J connectivity index is 2.09. The van der Waals surface area contributed by atoms with Gasteiger partial charge < -0.3 is 15.8 Å². The molecule has 0 spiro atoms. The molecule has 0 fully saturated rings. The number of hydrogen-bond acceptors (Lipinski definition) is 4. The normalized spacial score (nSPS) is 10.1. The molecule has 0 saturated heterocycles. The molecule has 3 N–H and O–H groups in total. The van der Waals surface area contributed by atoms with Gasteiger partial charge in [0, 0.05) is 18.3 Å². The number of nitrogens with zero attached hydrogens (tertiary/aromatic N) is 1. The van der Waals surface area contributed by atoms with Crippen molar-refractivity contribution in [2.24, 2.45) is 5.73 Å². The van der Waals surface area contributed by atoms with Gasteiger partial charge in [0.1, 0.15) is 5.82 Å². The molecule has 1 heterocycles. The molecular formula is C14H17N3O. The summed E-state index contributed by atoms with van der Waals surface area (Å²) in [6.07, 6.45) is 0. The third-order valence-corrected chi connectivity index (χ3v) is 2.48. The second-order valence-electron chi connectivity index (χ2n) is 3.82. The zero-order chi connectivity index (χ0) is 12.8. The fourth-order valence-corrected chi connectivity index (χ4v) is 1.58. The van der Waals surface area contributed by atoms with Gasteiger partial charge in [-0.1, -0.05) is 18.2 Å². The number of hydrogen-bond donors (Lipinski definition) is 2. The van der Waals surface area contributed by atoms with Crippen LogP contribution >= 0.6 is 0 Å². The predicted molar refractivity (Wildman–Crippen MR) is 73.0 cm³/mol. The lowest BCUT2D eigenvalue weighted by atomic mass is 10.2. The van der Waals surface area contributed by atoms with Crippen LogP contribution < -0.4 is 15.8 Å². The Morgan fingerprint density at radius 3 is 2.61 bits per heavy atom. The van der Waals surface area contributed by atoms with E-state index >= 15 is 0 Å². The Hall–Kier alpha value is -2.07. The molecule has 0 atom stereocenters. The predicted octanol–water partition coefficient (Wildman–Crippen LogP) is 2.68. The molecule has 0 aliphatic rings. The van der Waals surface area contributed by atoms with Crippen LogP contribution in [-0.4, -0.2) is 11.6 Å². The van der Waals surface area contributed by atoms with Crippen LogP contribution in [0.25, 0.3) is 0 Å². The Labute approximate surface area is 107 Å². The number of rotatable bonds is 5. The molecule has 0 aliphatic heterocycles. The lowest BCUT2D eigenvalue weighted by Gasteiger charge is -2.08. The molecule has 0 radical (unpaired) electrons. The van der Waals surface area contributed by atoms with Gasteiger partial charge in [-0.25, -0.2) is 0 Å². The summed E-state index contributed by atoms with van der Waals surface area (Å²) < 4.78 is 5.35. The van der Waals surface area contributed by atoms with Crippen molar-refractivity contribution in [2.75, 3.05) is 11.9 Å². The maximum atomic E-state index is 5.56. The highest BCUT2D eigenvalue weighted by Crippen LogP contribution is 2.17. The summed E-state index contributed by atoms with van der Waals surface area (Å²) in [4.78, 5) is 4.34. The Bertz CT molecular complexity index is 497. The third-order valence-electron chi connectivity index (χ3n) is 2.48. The molecule has 4 heteroatoms. The standard InChI is InChI=1S/C14H17N3O/c1-2-18-14-5-3-4-13(17-14)16-12-8-6-11(10-15)7-9-12/h3-9H,2,10,15H2,1H3,(H,16,17). The summed E-state index contributed by atoms with van der Waals surface area (Å²) in [6.45, 7) is 3.10. The zero-order valence-electron chi connectivity index (χ0n) is 10.4. The van der Waals surface area contributed by atoms with Crippen molar-refractivity contribution in [3.05, 3.63) is 48.0 Å². The monoisotopic (exact) mass is 243 g/mol. The summed E-state index contributed by atoms with van der Waals surface area (Å²) in [5.74, 6) is 1.39. The van der Waals surface area contributed by atoms with Crippen molar-refractivity contribution in [1.29, 1.82) is 0 Å². The molecule has 0 saturated carbocycles. The van der Waals surface area contributed by atoms with E-state index in [2.05, 4.69) is 10.3 Å². The van der Waals surface area contributed by atoms with Crippen LogP contribution in [0.5, 0.6) is 5.88 Å². The van der Waals surface area contributed by atoms with Gasteiger partial charge in [-0.2, -0.15) is 4.98 Å². The van der Waals surface area contributed by atoms with Gasteiger partial charge in [-0.3, -0.25) is 0 Å². The number of ether oxygens (including phenoxy) is 1. The highest BCUT2D eigenvalue weighted by molar-refractivity contribution is 5.56. The average molecular weight is 243 g/mol. The topological polar surface area (TPSA) is 60.2 Å². The zero-order valence-corrected chi connectivity index (χ0v) is 10.4. The van der Waals surface area contributed by atoms with Crippen LogP contribution in [0.1, 0.15) is 12.5 Å². The van der Waals surface area contributed by atoms with Gasteiger partial charge in [-0.15, -0.1) is 0 Å². The maximum absolute atomic E-state index is 5.56. The summed E-state index contributed by atoms with van der Waals surface area (Å²) in [5.41, 5.74) is 7.64. The molecule has 0 amide bonds. The van der Waals surface area contributed by atoms with Gasteiger partial charge in [-0.05, 0) is 30.7 Å². The van der Waals surface area contributed by atoms with Crippen LogP contribution in [0.15, 0.2) is 42.5 Å². The van der Waals surface area contributed by atoms with Crippen molar-refractivity contribution < 1.29 is 4.74 Å². The highest BCUT2D eigenvalue weighted by Gasteiger charge is 1.99. The van der Waals surface area contributed by atoms with Crippen molar-refractivity contribution in [3.8, 4) is 5.88 Å². The van der Waals surface area contributed by atoms with Crippen molar-refractivity contribution in [3.63, 3.8) is 0 Å². The Morgan fingerprint density at radius 2 is 1.94 bits per heavy atom. The van der Waals surface area contributed by atoms with Crippen LogP contribution in [-0.2, 0) is 6.54 Å². The summed E-state index contributed by atoms with van der Waals surface area (Å²) in [7, 11) is 0. The molecule has 1 aromatic carbocycles. The van der Waals surface area contributed by atoms with Gasteiger partial charge in [0.15, 0.2) is 0 Å². The first-order chi connectivity index (χ1) is 8.81. The second-order valence-corrected chi connectivity index (χ2v) is 3.82. The molecule has 4 nitrogen and oxygen atoms in total. The highest BCUT2D eigenvalue weighted by atomic mass is 16.5. The maximum Gasteiger partial charge on any atom is 0.215 e. The van der Waals surface area contributed by atoms with Gasteiger partial charge in [0.25, 0.3) is 0 Å². The van der Waals surface area contributed by atoms with Crippen LogP contribution in [0.2, 0.25) is 0 Å². The fraction of sp³-hybridized carbons (Fsp3) is 0.214. The molecule has 18 heavy (non-hydrogen) atoms. The molecule has 0 aliphatic carbocycles. The van der Waals surface area contributed by atoms with Crippen molar-refractivity contribution in [1.82, 2.24) is 4.98 Å². The molecule has 2 aromatic rings. The minimum atomic E-state index is 0.554. The summed E-state index contributed by atoms with van der Waals surface area (Å²) in [5, 5.41) is 3.22. The van der Waals surface area contributed by atoms with E-state index in [-0.39, 0.29) is 0 Å².